The normalized spacial score (nSPS) is 10.1. The third kappa shape index (κ3) is 5.19. The van der Waals surface area contributed by atoms with Gasteiger partial charge >= 0.3 is 5.97 Å². The molecule has 3 rings (SSSR count). The zero-order valence-corrected chi connectivity index (χ0v) is 14.6. The summed E-state index contributed by atoms with van der Waals surface area (Å²) >= 11 is 0. The molecule has 1 amide bonds. The molecule has 0 bridgehead atoms. The molecule has 5 heteroatoms. The highest BCUT2D eigenvalue weighted by molar-refractivity contribution is 6.07. The van der Waals surface area contributed by atoms with Gasteiger partial charge in [0, 0.05) is 5.56 Å². The Kier molecular flexibility index (Phi) is 6.20. The van der Waals surface area contributed by atoms with Gasteiger partial charge in [0.25, 0.3) is 5.91 Å². The number of para-hydroxylation sites is 2. The van der Waals surface area contributed by atoms with Crippen molar-refractivity contribution >= 4 is 17.6 Å². The molecule has 0 radical (unpaired) electrons. The van der Waals surface area contributed by atoms with Gasteiger partial charge in [0.1, 0.15) is 19.0 Å². The van der Waals surface area contributed by atoms with Crippen LogP contribution in [0.25, 0.3) is 0 Å². The van der Waals surface area contributed by atoms with Gasteiger partial charge in [-0.05, 0) is 36.4 Å². The van der Waals surface area contributed by atoms with Gasteiger partial charge in [-0.2, -0.15) is 0 Å². The molecular formula is C22H19NO4. The Labute approximate surface area is 157 Å². The number of nitrogens with one attached hydrogen (secondary N) is 1. The van der Waals surface area contributed by atoms with E-state index in [2.05, 4.69) is 5.32 Å². The maximum Gasteiger partial charge on any atom is 0.340 e. The molecule has 1 N–H and O–H groups in total. The van der Waals surface area contributed by atoms with Crippen molar-refractivity contribution in [2.75, 3.05) is 18.5 Å². The lowest BCUT2D eigenvalue weighted by Gasteiger charge is -2.11. The van der Waals surface area contributed by atoms with Crippen LogP contribution in [0.4, 0.5) is 5.69 Å². The summed E-state index contributed by atoms with van der Waals surface area (Å²) in [4.78, 5) is 24.7. The number of anilines is 1. The van der Waals surface area contributed by atoms with E-state index < -0.39 is 5.97 Å². The molecule has 5 nitrogen and oxygen atoms in total. The molecule has 27 heavy (non-hydrogen) atoms. The first-order valence-electron chi connectivity index (χ1n) is 8.54. The van der Waals surface area contributed by atoms with Crippen molar-refractivity contribution in [3.63, 3.8) is 0 Å². The maximum atomic E-state index is 12.4. The van der Waals surface area contributed by atoms with E-state index in [4.69, 9.17) is 9.47 Å². The van der Waals surface area contributed by atoms with Crippen LogP contribution < -0.4 is 10.1 Å². The van der Waals surface area contributed by atoms with E-state index >= 15 is 0 Å². The minimum Gasteiger partial charge on any atom is -0.490 e. The minimum atomic E-state index is -0.518. The average molecular weight is 361 g/mol. The van der Waals surface area contributed by atoms with Crippen molar-refractivity contribution < 1.29 is 19.1 Å². The quantitative estimate of drug-likeness (QED) is 0.507. The molecule has 0 saturated carbocycles. The molecule has 0 aromatic heterocycles. The fourth-order valence-electron chi connectivity index (χ4n) is 2.44. The van der Waals surface area contributed by atoms with E-state index in [1.807, 2.05) is 36.4 Å². The number of esters is 1. The minimum absolute atomic E-state index is 0.106. The number of rotatable bonds is 7. The monoisotopic (exact) mass is 361 g/mol. The lowest BCUT2D eigenvalue weighted by atomic mass is 10.1. The lowest BCUT2D eigenvalue weighted by molar-refractivity contribution is 0.0451. The zero-order valence-electron chi connectivity index (χ0n) is 14.6. The average Bonchev–Trinajstić information content (AvgIpc) is 2.73. The van der Waals surface area contributed by atoms with E-state index in [1.165, 1.54) is 0 Å². The second-order valence-corrected chi connectivity index (χ2v) is 5.66. The van der Waals surface area contributed by atoms with Crippen molar-refractivity contribution in [2.24, 2.45) is 0 Å². The Hall–Kier alpha value is -3.60. The van der Waals surface area contributed by atoms with Crippen molar-refractivity contribution in [2.45, 2.75) is 0 Å². The molecule has 0 aliphatic heterocycles. The van der Waals surface area contributed by atoms with Gasteiger partial charge in [-0.15, -0.1) is 0 Å². The lowest BCUT2D eigenvalue weighted by Crippen LogP contribution is -2.17. The summed E-state index contributed by atoms with van der Waals surface area (Å²) in [5.74, 6) is -0.0945. The number of ether oxygens (including phenoxy) is 2. The van der Waals surface area contributed by atoms with Crippen molar-refractivity contribution in [1.82, 2.24) is 0 Å². The van der Waals surface area contributed by atoms with Gasteiger partial charge in [0.05, 0.1) is 11.3 Å². The van der Waals surface area contributed by atoms with Crippen LogP contribution in [0.2, 0.25) is 0 Å². The van der Waals surface area contributed by atoms with E-state index in [0.29, 0.717) is 22.6 Å². The Morgan fingerprint density at radius 3 is 2.11 bits per heavy atom. The first-order chi connectivity index (χ1) is 13.2. The van der Waals surface area contributed by atoms with Gasteiger partial charge in [-0.3, -0.25) is 4.79 Å². The predicted octanol–water partition coefficient (Wildman–Crippen LogP) is 4.17. The molecule has 0 saturated heterocycles. The highest BCUT2D eigenvalue weighted by atomic mass is 16.6. The van der Waals surface area contributed by atoms with Crippen molar-refractivity contribution in [3.05, 3.63) is 96.1 Å². The van der Waals surface area contributed by atoms with Crippen LogP contribution in [0.1, 0.15) is 20.7 Å². The Balaban J connectivity index is 1.58. The second-order valence-electron chi connectivity index (χ2n) is 5.66. The summed E-state index contributed by atoms with van der Waals surface area (Å²) in [6, 6.07) is 24.8. The Morgan fingerprint density at radius 2 is 1.37 bits per heavy atom. The number of hydrogen-bond acceptors (Lipinski definition) is 4. The molecular weight excluding hydrogens is 342 g/mol. The molecule has 0 heterocycles. The molecule has 0 spiro atoms. The summed E-state index contributed by atoms with van der Waals surface area (Å²) in [6.45, 7) is 0.350. The van der Waals surface area contributed by atoms with Crippen molar-refractivity contribution in [3.8, 4) is 5.75 Å². The van der Waals surface area contributed by atoms with Crippen molar-refractivity contribution in [1.29, 1.82) is 0 Å². The molecule has 3 aromatic carbocycles. The van der Waals surface area contributed by atoms with Crippen LogP contribution in [0.5, 0.6) is 5.75 Å². The van der Waals surface area contributed by atoms with Gasteiger partial charge in [-0.25, -0.2) is 4.79 Å². The fraction of sp³-hybridized carbons (Fsp3) is 0.0909. The van der Waals surface area contributed by atoms with Gasteiger partial charge in [0.2, 0.25) is 0 Å². The third-order valence-corrected chi connectivity index (χ3v) is 3.76. The smallest absolute Gasteiger partial charge is 0.340 e. The predicted molar refractivity (Wildman–Crippen MR) is 103 cm³/mol. The Morgan fingerprint density at radius 1 is 0.741 bits per heavy atom. The molecule has 0 aliphatic carbocycles. The van der Waals surface area contributed by atoms with Crippen LogP contribution >= 0.6 is 0 Å². The topological polar surface area (TPSA) is 64.6 Å². The number of carbonyl (C=O) groups is 2. The fourth-order valence-corrected chi connectivity index (χ4v) is 2.44. The van der Waals surface area contributed by atoms with Crippen LogP contribution in [0.3, 0.4) is 0 Å². The SMILES string of the molecule is O=C(Nc1ccccc1C(=O)OCCOc1ccccc1)c1ccccc1. The summed E-state index contributed by atoms with van der Waals surface area (Å²) in [7, 11) is 0. The van der Waals surface area contributed by atoms with Gasteiger partial charge in [0.15, 0.2) is 0 Å². The highest BCUT2D eigenvalue weighted by Gasteiger charge is 2.15. The van der Waals surface area contributed by atoms with E-state index in [0.717, 1.165) is 0 Å². The zero-order chi connectivity index (χ0) is 18.9. The first-order valence-corrected chi connectivity index (χ1v) is 8.54. The first kappa shape index (κ1) is 18.2. The molecule has 0 atom stereocenters. The van der Waals surface area contributed by atoms with Gasteiger partial charge in [-0.1, -0.05) is 48.5 Å². The standard InChI is InChI=1S/C22H19NO4/c24-21(17-9-3-1-4-10-17)23-20-14-8-7-13-19(20)22(25)27-16-15-26-18-11-5-2-6-12-18/h1-14H,15-16H2,(H,23,24). The Bertz CT molecular complexity index is 894. The number of amides is 1. The van der Waals surface area contributed by atoms with Crippen LogP contribution in [-0.4, -0.2) is 25.1 Å². The maximum absolute atomic E-state index is 12.4. The molecule has 0 fully saturated rings. The van der Waals surface area contributed by atoms with E-state index in [1.54, 1.807) is 48.5 Å². The summed E-state index contributed by atoms with van der Waals surface area (Å²) < 4.78 is 10.8. The van der Waals surface area contributed by atoms with E-state index in [-0.39, 0.29) is 19.1 Å². The summed E-state index contributed by atoms with van der Waals surface area (Å²) in [6.07, 6.45) is 0. The summed E-state index contributed by atoms with van der Waals surface area (Å²) in [5, 5.41) is 2.75. The number of carbonyl (C=O) groups excluding carboxylic acids is 2. The number of hydrogen-bond donors (Lipinski definition) is 1. The number of benzene rings is 3. The molecule has 0 unspecified atom stereocenters. The third-order valence-electron chi connectivity index (χ3n) is 3.76. The largest absolute Gasteiger partial charge is 0.490 e. The highest BCUT2D eigenvalue weighted by Crippen LogP contribution is 2.17. The van der Waals surface area contributed by atoms with Gasteiger partial charge < -0.3 is 14.8 Å². The molecule has 0 aliphatic rings. The summed E-state index contributed by atoms with van der Waals surface area (Å²) in [5.41, 5.74) is 1.21. The molecule has 136 valence electrons. The van der Waals surface area contributed by atoms with E-state index in [9.17, 15) is 9.59 Å². The second kappa shape index (κ2) is 9.20. The van der Waals surface area contributed by atoms with Crippen LogP contribution in [0, 0.1) is 0 Å². The van der Waals surface area contributed by atoms with Crippen LogP contribution in [-0.2, 0) is 4.74 Å². The molecule has 3 aromatic rings. The van der Waals surface area contributed by atoms with Crippen LogP contribution in [0.15, 0.2) is 84.9 Å².